The summed E-state index contributed by atoms with van der Waals surface area (Å²) in [6, 6.07) is 1.99. The molecule has 2 heterocycles. The molecule has 0 spiro atoms. The van der Waals surface area contributed by atoms with Gasteiger partial charge in [0.1, 0.15) is 0 Å². The fourth-order valence-electron chi connectivity index (χ4n) is 2.60. The third-order valence-corrected chi connectivity index (χ3v) is 4.25. The molecule has 0 fully saturated rings. The molecule has 21 heavy (non-hydrogen) atoms. The van der Waals surface area contributed by atoms with E-state index < -0.39 is 12.3 Å². The minimum atomic E-state index is -1.08. The van der Waals surface area contributed by atoms with Gasteiger partial charge in [0.25, 0.3) is 0 Å². The van der Waals surface area contributed by atoms with Crippen molar-refractivity contribution >= 4 is 17.3 Å². The number of aliphatic hydroxyl groups is 1. The van der Waals surface area contributed by atoms with Crippen molar-refractivity contribution in [3.63, 3.8) is 0 Å². The Hall–Kier alpha value is -1.37. The molecule has 2 N–H and O–H groups in total. The van der Waals surface area contributed by atoms with E-state index in [4.69, 9.17) is 14.6 Å². The van der Waals surface area contributed by atoms with Crippen LogP contribution in [-0.4, -0.2) is 35.7 Å². The average Bonchev–Trinajstić information content (AvgIpc) is 2.99. The fraction of sp³-hybridized carbons (Fsp3) is 0.533. The highest BCUT2D eigenvalue weighted by Gasteiger charge is 2.37. The largest absolute Gasteiger partial charge is 0.475 e. The number of hydrogen-bond donors (Lipinski definition) is 2. The summed E-state index contributed by atoms with van der Waals surface area (Å²) in [6.45, 7) is 2.40. The standard InChI is InChI=1S/C15H20O5S/c1-2-19-15-11(4-3-6-16)12(10-5-7-21-9-10)8-13(20-15)14(17)18/h5,7-9,11-12,15-16H,2-4,6H2,1H3,(H,17,18)/t11-,12+,15+/m0/s1. The third-order valence-electron chi connectivity index (χ3n) is 3.55. The zero-order chi connectivity index (χ0) is 15.2. The predicted octanol–water partition coefficient (Wildman–Crippen LogP) is 2.58. The van der Waals surface area contributed by atoms with Crippen molar-refractivity contribution in [3.05, 3.63) is 34.2 Å². The number of carbonyl (C=O) groups is 1. The van der Waals surface area contributed by atoms with Crippen molar-refractivity contribution in [1.82, 2.24) is 0 Å². The molecule has 0 amide bonds. The lowest BCUT2D eigenvalue weighted by molar-refractivity contribution is -0.173. The fourth-order valence-corrected chi connectivity index (χ4v) is 3.31. The van der Waals surface area contributed by atoms with E-state index in [-0.39, 0.29) is 24.2 Å². The van der Waals surface area contributed by atoms with E-state index in [2.05, 4.69) is 0 Å². The van der Waals surface area contributed by atoms with Gasteiger partial charge in [0, 0.05) is 25.0 Å². The van der Waals surface area contributed by atoms with Crippen LogP contribution < -0.4 is 0 Å². The van der Waals surface area contributed by atoms with Gasteiger partial charge < -0.3 is 19.7 Å². The van der Waals surface area contributed by atoms with Crippen LogP contribution in [0.2, 0.25) is 0 Å². The molecule has 1 aliphatic heterocycles. The first kappa shape index (κ1) is 16.0. The van der Waals surface area contributed by atoms with Gasteiger partial charge in [-0.1, -0.05) is 0 Å². The predicted molar refractivity (Wildman–Crippen MR) is 79.1 cm³/mol. The molecule has 5 nitrogen and oxygen atoms in total. The topological polar surface area (TPSA) is 76.0 Å². The lowest BCUT2D eigenvalue weighted by atomic mass is 9.82. The Morgan fingerprint density at radius 1 is 1.52 bits per heavy atom. The Morgan fingerprint density at radius 2 is 2.33 bits per heavy atom. The SMILES string of the molecule is CCO[C@@H]1OC(C(=O)O)=C[C@H](c2ccsc2)[C@@H]1CCCO. The Labute approximate surface area is 127 Å². The van der Waals surface area contributed by atoms with Gasteiger partial charge in [-0.25, -0.2) is 4.79 Å². The molecule has 3 atom stereocenters. The number of aliphatic hydroxyl groups excluding tert-OH is 1. The normalized spacial score (nSPS) is 25.2. The van der Waals surface area contributed by atoms with Gasteiger partial charge in [-0.05, 0) is 48.2 Å². The zero-order valence-electron chi connectivity index (χ0n) is 11.9. The van der Waals surface area contributed by atoms with Gasteiger partial charge in [0.05, 0.1) is 0 Å². The molecular formula is C15H20O5S. The summed E-state index contributed by atoms with van der Waals surface area (Å²) in [6.07, 6.45) is 2.41. The van der Waals surface area contributed by atoms with Gasteiger partial charge in [0.2, 0.25) is 12.0 Å². The monoisotopic (exact) mass is 312 g/mol. The number of rotatable bonds is 7. The number of carboxylic acids is 1. The van der Waals surface area contributed by atoms with Crippen molar-refractivity contribution in [2.24, 2.45) is 5.92 Å². The lowest BCUT2D eigenvalue weighted by Gasteiger charge is -2.36. The van der Waals surface area contributed by atoms with Crippen LogP contribution in [-0.2, 0) is 14.3 Å². The Morgan fingerprint density at radius 3 is 2.90 bits per heavy atom. The summed E-state index contributed by atoms with van der Waals surface area (Å²) < 4.78 is 11.1. The van der Waals surface area contributed by atoms with Gasteiger partial charge >= 0.3 is 5.97 Å². The van der Waals surface area contributed by atoms with E-state index in [0.717, 1.165) is 5.56 Å². The molecule has 2 rings (SSSR count). The minimum absolute atomic E-state index is 0.00481. The van der Waals surface area contributed by atoms with Crippen LogP contribution >= 0.6 is 11.3 Å². The van der Waals surface area contributed by atoms with Crippen LogP contribution in [0, 0.1) is 5.92 Å². The summed E-state index contributed by atoms with van der Waals surface area (Å²) in [4.78, 5) is 11.3. The molecule has 0 aromatic carbocycles. The Bertz CT molecular complexity index is 482. The Kier molecular flexibility index (Phi) is 5.78. The van der Waals surface area contributed by atoms with Crippen molar-refractivity contribution < 1.29 is 24.5 Å². The number of hydrogen-bond acceptors (Lipinski definition) is 5. The highest BCUT2D eigenvalue weighted by molar-refractivity contribution is 7.08. The maximum atomic E-state index is 11.3. The molecule has 0 aliphatic carbocycles. The molecule has 0 saturated carbocycles. The minimum Gasteiger partial charge on any atom is -0.475 e. The van der Waals surface area contributed by atoms with Crippen molar-refractivity contribution in [3.8, 4) is 0 Å². The lowest BCUT2D eigenvalue weighted by Crippen LogP contribution is -2.36. The molecule has 0 bridgehead atoms. The van der Waals surface area contributed by atoms with Crippen LogP contribution in [0.1, 0.15) is 31.2 Å². The summed E-state index contributed by atoms with van der Waals surface area (Å²) in [7, 11) is 0. The van der Waals surface area contributed by atoms with Crippen molar-refractivity contribution in [2.45, 2.75) is 32.0 Å². The van der Waals surface area contributed by atoms with Crippen LogP contribution in [0.25, 0.3) is 0 Å². The quantitative estimate of drug-likeness (QED) is 0.809. The van der Waals surface area contributed by atoms with Crippen LogP contribution in [0.15, 0.2) is 28.7 Å². The number of carboxylic acid groups (broad SMARTS) is 1. The maximum Gasteiger partial charge on any atom is 0.370 e. The first-order valence-corrected chi connectivity index (χ1v) is 7.98. The molecule has 116 valence electrons. The first-order chi connectivity index (χ1) is 10.2. The molecule has 1 aromatic heterocycles. The second kappa shape index (κ2) is 7.59. The van der Waals surface area contributed by atoms with Crippen LogP contribution in [0.4, 0.5) is 0 Å². The second-order valence-corrected chi connectivity index (χ2v) is 5.67. The van der Waals surface area contributed by atoms with E-state index in [9.17, 15) is 9.90 Å². The van der Waals surface area contributed by atoms with Crippen LogP contribution in [0.5, 0.6) is 0 Å². The molecule has 0 radical (unpaired) electrons. The van der Waals surface area contributed by atoms with E-state index in [1.807, 2.05) is 23.8 Å². The van der Waals surface area contributed by atoms with E-state index in [1.165, 1.54) is 0 Å². The number of thiophene rings is 1. The first-order valence-electron chi connectivity index (χ1n) is 7.03. The smallest absolute Gasteiger partial charge is 0.370 e. The average molecular weight is 312 g/mol. The van der Waals surface area contributed by atoms with Gasteiger partial charge in [-0.2, -0.15) is 11.3 Å². The van der Waals surface area contributed by atoms with Gasteiger partial charge in [-0.15, -0.1) is 0 Å². The van der Waals surface area contributed by atoms with Crippen LogP contribution in [0.3, 0.4) is 0 Å². The van der Waals surface area contributed by atoms with Crippen molar-refractivity contribution in [2.75, 3.05) is 13.2 Å². The van der Waals surface area contributed by atoms with E-state index >= 15 is 0 Å². The number of aliphatic carboxylic acids is 1. The van der Waals surface area contributed by atoms with Crippen molar-refractivity contribution in [1.29, 1.82) is 0 Å². The summed E-state index contributed by atoms with van der Waals surface area (Å²) in [5, 5.41) is 22.3. The Balaban J connectivity index is 2.32. The second-order valence-electron chi connectivity index (χ2n) is 4.89. The molecule has 6 heteroatoms. The van der Waals surface area contributed by atoms with E-state index in [1.54, 1.807) is 17.4 Å². The third kappa shape index (κ3) is 3.84. The number of allylic oxidation sites excluding steroid dienone is 1. The highest BCUT2D eigenvalue weighted by atomic mass is 32.1. The zero-order valence-corrected chi connectivity index (χ0v) is 12.7. The van der Waals surface area contributed by atoms with Gasteiger partial charge in [0.15, 0.2) is 0 Å². The molecular weight excluding hydrogens is 292 g/mol. The van der Waals surface area contributed by atoms with Gasteiger partial charge in [-0.3, -0.25) is 0 Å². The maximum absolute atomic E-state index is 11.3. The summed E-state index contributed by atoms with van der Waals surface area (Å²) >= 11 is 1.58. The summed E-state index contributed by atoms with van der Waals surface area (Å²) in [5.41, 5.74) is 1.06. The molecule has 0 saturated heterocycles. The molecule has 1 aliphatic rings. The van der Waals surface area contributed by atoms with E-state index in [0.29, 0.717) is 19.4 Å². The molecule has 0 unspecified atom stereocenters. The molecule has 1 aromatic rings. The highest BCUT2D eigenvalue weighted by Crippen LogP contribution is 2.39. The number of ether oxygens (including phenoxy) is 2. The summed E-state index contributed by atoms with van der Waals surface area (Å²) in [5.74, 6) is -1.22.